The molecule has 0 aromatic heterocycles. The van der Waals surface area contributed by atoms with Crippen molar-refractivity contribution in [2.24, 2.45) is 0 Å². The average molecular weight is 396 g/mol. The van der Waals surface area contributed by atoms with E-state index < -0.39 is 0 Å². The minimum atomic E-state index is -0.290. The summed E-state index contributed by atoms with van der Waals surface area (Å²) in [5, 5.41) is 0. The second-order valence-electron chi connectivity index (χ2n) is 6.00. The number of hydrogen-bond donors (Lipinski definition) is 0. The molecular weight excluding hydrogens is 372 g/mol. The quantitative estimate of drug-likeness (QED) is 0.447. The summed E-state index contributed by atoms with van der Waals surface area (Å²) in [5.41, 5.74) is 1.54. The Morgan fingerprint density at radius 1 is 0.655 bits per heavy atom. The van der Waals surface area contributed by atoms with E-state index >= 15 is 0 Å². The number of ketones is 2. The van der Waals surface area contributed by atoms with Crippen molar-refractivity contribution in [3.63, 3.8) is 0 Å². The molecule has 0 radical (unpaired) electrons. The monoisotopic (exact) mass is 396 g/mol. The molecule has 0 heterocycles. The molecule has 0 aliphatic carbocycles. The smallest absolute Gasteiger partial charge is 0.163 e. The molecule has 0 aliphatic rings. The summed E-state index contributed by atoms with van der Waals surface area (Å²) in [5.74, 6) is 1.76. The zero-order chi connectivity index (χ0) is 21.2. The van der Waals surface area contributed by atoms with Crippen molar-refractivity contribution in [3.8, 4) is 23.0 Å². The van der Waals surface area contributed by atoms with Crippen molar-refractivity contribution in [1.29, 1.82) is 0 Å². The Hall–Kier alpha value is -3.54. The van der Waals surface area contributed by atoms with E-state index in [1.165, 1.54) is 12.2 Å². The van der Waals surface area contributed by atoms with Crippen molar-refractivity contribution in [2.75, 3.05) is 28.4 Å². The number of carbonyl (C=O) groups excluding carboxylic acids is 2. The maximum Gasteiger partial charge on any atom is 0.163 e. The highest BCUT2D eigenvalue weighted by Crippen LogP contribution is 2.28. The lowest BCUT2D eigenvalue weighted by Gasteiger charge is -2.07. The van der Waals surface area contributed by atoms with Crippen LogP contribution in [-0.2, 0) is 9.59 Å². The number of benzene rings is 2. The van der Waals surface area contributed by atoms with Gasteiger partial charge < -0.3 is 18.9 Å². The van der Waals surface area contributed by atoms with Crippen LogP contribution in [0.1, 0.15) is 17.5 Å². The highest BCUT2D eigenvalue weighted by molar-refractivity contribution is 6.10. The van der Waals surface area contributed by atoms with Gasteiger partial charge in [0.1, 0.15) is 0 Å². The summed E-state index contributed by atoms with van der Waals surface area (Å²) in [4.78, 5) is 24.1. The molecule has 6 nitrogen and oxygen atoms in total. The zero-order valence-corrected chi connectivity index (χ0v) is 16.9. The fourth-order valence-corrected chi connectivity index (χ4v) is 2.58. The van der Waals surface area contributed by atoms with Crippen molar-refractivity contribution in [2.45, 2.75) is 6.42 Å². The lowest BCUT2D eigenvalue weighted by Crippen LogP contribution is -2.02. The maximum atomic E-state index is 12.1. The van der Waals surface area contributed by atoms with Gasteiger partial charge >= 0.3 is 0 Å². The van der Waals surface area contributed by atoms with E-state index in [4.69, 9.17) is 18.9 Å². The van der Waals surface area contributed by atoms with E-state index in [0.29, 0.717) is 23.0 Å². The highest BCUT2D eigenvalue weighted by Gasteiger charge is 2.07. The molecule has 2 aromatic carbocycles. The number of methoxy groups -OCH3 is 4. The van der Waals surface area contributed by atoms with Gasteiger partial charge in [-0.2, -0.15) is 0 Å². The normalized spacial score (nSPS) is 10.9. The van der Waals surface area contributed by atoms with Crippen molar-refractivity contribution < 1.29 is 28.5 Å². The molecule has 6 heteroatoms. The largest absolute Gasteiger partial charge is 0.493 e. The average Bonchev–Trinajstić information content (AvgIpc) is 2.75. The lowest BCUT2D eigenvalue weighted by atomic mass is 10.1. The standard InChI is InChI=1S/C23H24O6/c1-26-20-11-7-16(13-22(20)28-3)5-9-18(24)15-19(25)10-6-17-8-12-21(27-2)23(14-17)29-4/h5-14H,15H2,1-4H3/b9-5+,10-6+. The van der Waals surface area contributed by atoms with E-state index in [0.717, 1.165) is 11.1 Å². The fraction of sp³-hybridized carbons (Fsp3) is 0.217. The van der Waals surface area contributed by atoms with Crippen molar-refractivity contribution in [1.82, 2.24) is 0 Å². The number of rotatable bonds is 10. The van der Waals surface area contributed by atoms with Gasteiger partial charge in [-0.3, -0.25) is 9.59 Å². The second-order valence-corrected chi connectivity index (χ2v) is 6.00. The van der Waals surface area contributed by atoms with Gasteiger partial charge in [-0.05, 0) is 47.5 Å². The Morgan fingerprint density at radius 2 is 1.03 bits per heavy atom. The molecule has 0 unspecified atom stereocenters. The van der Waals surface area contributed by atoms with Crippen LogP contribution in [-0.4, -0.2) is 40.0 Å². The van der Waals surface area contributed by atoms with Gasteiger partial charge in [0, 0.05) is 0 Å². The first-order valence-corrected chi connectivity index (χ1v) is 8.86. The molecular formula is C23H24O6. The molecule has 0 N–H and O–H groups in total. The summed E-state index contributed by atoms with van der Waals surface area (Å²) < 4.78 is 20.8. The van der Waals surface area contributed by atoms with E-state index in [-0.39, 0.29) is 18.0 Å². The van der Waals surface area contributed by atoms with Gasteiger partial charge in [0.05, 0.1) is 34.9 Å². The van der Waals surface area contributed by atoms with Crippen LogP contribution in [0.25, 0.3) is 12.2 Å². The molecule has 0 saturated carbocycles. The van der Waals surface area contributed by atoms with E-state index in [1.807, 2.05) is 0 Å². The van der Waals surface area contributed by atoms with Gasteiger partial charge in [0.25, 0.3) is 0 Å². The number of hydrogen-bond acceptors (Lipinski definition) is 6. The summed E-state index contributed by atoms with van der Waals surface area (Å²) in [7, 11) is 6.19. The molecule has 2 rings (SSSR count). The first-order valence-electron chi connectivity index (χ1n) is 8.86. The van der Waals surface area contributed by atoms with Crippen LogP contribution in [0, 0.1) is 0 Å². The number of carbonyl (C=O) groups is 2. The fourth-order valence-electron chi connectivity index (χ4n) is 2.58. The number of allylic oxidation sites excluding steroid dienone is 2. The SMILES string of the molecule is COc1ccc(/C=C/C(=O)CC(=O)/C=C/c2ccc(OC)c(OC)c2)cc1OC. The van der Waals surface area contributed by atoms with Gasteiger partial charge in [-0.15, -0.1) is 0 Å². The van der Waals surface area contributed by atoms with Gasteiger partial charge in [-0.25, -0.2) is 0 Å². The van der Waals surface area contributed by atoms with Crippen LogP contribution < -0.4 is 18.9 Å². The Bertz CT molecular complexity index is 851. The molecule has 0 atom stereocenters. The minimum absolute atomic E-state index is 0.215. The summed E-state index contributed by atoms with van der Waals surface area (Å²) >= 11 is 0. The van der Waals surface area contributed by atoms with Crippen LogP contribution in [0.4, 0.5) is 0 Å². The van der Waals surface area contributed by atoms with Crippen LogP contribution in [0.5, 0.6) is 23.0 Å². The first-order chi connectivity index (χ1) is 14.0. The summed E-state index contributed by atoms with van der Waals surface area (Å²) in [6.45, 7) is 0. The van der Waals surface area contributed by atoms with E-state index in [1.54, 1.807) is 77.0 Å². The molecule has 152 valence electrons. The first kappa shape index (κ1) is 21.8. The third-order valence-corrected chi connectivity index (χ3v) is 4.09. The van der Waals surface area contributed by atoms with Gasteiger partial charge in [0.15, 0.2) is 34.6 Å². The van der Waals surface area contributed by atoms with E-state index in [9.17, 15) is 9.59 Å². The molecule has 0 fully saturated rings. The Balaban J connectivity index is 1.97. The van der Waals surface area contributed by atoms with Gasteiger partial charge in [-0.1, -0.05) is 24.3 Å². The molecule has 0 aliphatic heterocycles. The lowest BCUT2D eigenvalue weighted by molar-refractivity contribution is -0.121. The molecule has 2 aromatic rings. The summed E-state index contributed by atoms with van der Waals surface area (Å²) in [6.07, 6.45) is 5.81. The highest BCUT2D eigenvalue weighted by atomic mass is 16.5. The van der Waals surface area contributed by atoms with Crippen molar-refractivity contribution in [3.05, 3.63) is 59.7 Å². The Labute approximate surface area is 170 Å². The molecule has 0 spiro atoms. The van der Waals surface area contributed by atoms with Crippen LogP contribution in [0.3, 0.4) is 0 Å². The Kier molecular flexibility index (Phi) is 8.03. The maximum absolute atomic E-state index is 12.1. The van der Waals surface area contributed by atoms with E-state index in [2.05, 4.69) is 0 Å². The third-order valence-electron chi connectivity index (χ3n) is 4.09. The predicted octanol–water partition coefficient (Wildman–Crippen LogP) is 3.98. The Morgan fingerprint density at radius 3 is 1.38 bits per heavy atom. The molecule has 0 amide bonds. The topological polar surface area (TPSA) is 71.1 Å². The van der Waals surface area contributed by atoms with Crippen LogP contribution in [0.2, 0.25) is 0 Å². The molecule has 29 heavy (non-hydrogen) atoms. The zero-order valence-electron chi connectivity index (χ0n) is 16.9. The molecule has 0 saturated heterocycles. The third kappa shape index (κ3) is 6.24. The van der Waals surface area contributed by atoms with Crippen molar-refractivity contribution >= 4 is 23.7 Å². The predicted molar refractivity (Wildman–Crippen MR) is 112 cm³/mol. The molecule has 0 bridgehead atoms. The van der Waals surface area contributed by atoms with Crippen LogP contribution in [0.15, 0.2) is 48.6 Å². The van der Waals surface area contributed by atoms with Crippen LogP contribution >= 0.6 is 0 Å². The minimum Gasteiger partial charge on any atom is -0.493 e. The second kappa shape index (κ2) is 10.7. The summed E-state index contributed by atoms with van der Waals surface area (Å²) in [6, 6.07) is 10.6. The van der Waals surface area contributed by atoms with Gasteiger partial charge in [0.2, 0.25) is 0 Å². The number of ether oxygens (including phenoxy) is 4.